The van der Waals surface area contributed by atoms with Crippen LogP contribution in [0.15, 0.2) is 16.3 Å². The molecule has 0 saturated carbocycles. The van der Waals surface area contributed by atoms with Crippen LogP contribution in [0.25, 0.3) is 0 Å². The number of hydrogen-bond acceptors (Lipinski definition) is 4. The summed E-state index contributed by atoms with van der Waals surface area (Å²) in [4.78, 5) is 1.10. The summed E-state index contributed by atoms with van der Waals surface area (Å²) in [5.74, 6) is 0. The number of rotatable bonds is 3. The zero-order valence-corrected chi connectivity index (χ0v) is 10.9. The lowest BCUT2D eigenvalue weighted by Crippen LogP contribution is -2.31. The van der Waals surface area contributed by atoms with Crippen molar-refractivity contribution in [3.8, 4) is 0 Å². The Morgan fingerprint density at radius 1 is 1.56 bits per heavy atom. The molecule has 0 amide bonds. The standard InChI is InChI=1S/C10H16N2O2S2/c1-2-9-3-4-10(15-9)16(13,14)12-6-5-8(11)7-12/h3-4,8H,2,5-7,11H2,1H3. The van der Waals surface area contributed by atoms with Crippen molar-refractivity contribution >= 4 is 21.4 Å². The highest BCUT2D eigenvalue weighted by Gasteiger charge is 2.31. The van der Waals surface area contributed by atoms with Gasteiger partial charge in [-0.3, -0.25) is 0 Å². The van der Waals surface area contributed by atoms with Gasteiger partial charge in [0.1, 0.15) is 4.21 Å². The monoisotopic (exact) mass is 260 g/mol. The third-order valence-electron chi connectivity index (χ3n) is 2.77. The van der Waals surface area contributed by atoms with Gasteiger partial charge in [-0.25, -0.2) is 8.42 Å². The van der Waals surface area contributed by atoms with Crippen molar-refractivity contribution in [1.29, 1.82) is 0 Å². The van der Waals surface area contributed by atoms with Gasteiger partial charge in [0.05, 0.1) is 0 Å². The lowest BCUT2D eigenvalue weighted by atomic mass is 10.3. The first kappa shape index (κ1) is 12.0. The van der Waals surface area contributed by atoms with Crippen molar-refractivity contribution in [2.75, 3.05) is 13.1 Å². The molecule has 1 unspecified atom stereocenters. The molecule has 1 atom stereocenters. The highest BCUT2D eigenvalue weighted by molar-refractivity contribution is 7.91. The molecule has 2 rings (SSSR count). The van der Waals surface area contributed by atoms with Crippen molar-refractivity contribution < 1.29 is 8.42 Å². The Balaban J connectivity index is 2.25. The smallest absolute Gasteiger partial charge is 0.252 e. The SMILES string of the molecule is CCc1ccc(S(=O)(=O)N2CCC(N)C2)s1. The zero-order valence-electron chi connectivity index (χ0n) is 9.22. The number of sulfonamides is 1. The number of aryl methyl sites for hydroxylation is 1. The van der Waals surface area contributed by atoms with E-state index in [1.807, 2.05) is 13.0 Å². The van der Waals surface area contributed by atoms with E-state index in [0.717, 1.165) is 17.7 Å². The fourth-order valence-electron chi connectivity index (χ4n) is 1.79. The molecule has 0 aliphatic carbocycles. The maximum absolute atomic E-state index is 12.2. The van der Waals surface area contributed by atoms with Crippen molar-refractivity contribution in [2.45, 2.75) is 30.0 Å². The maximum Gasteiger partial charge on any atom is 0.252 e. The summed E-state index contributed by atoms with van der Waals surface area (Å²) in [6, 6.07) is 3.57. The quantitative estimate of drug-likeness (QED) is 0.883. The van der Waals surface area contributed by atoms with Gasteiger partial charge < -0.3 is 5.73 Å². The van der Waals surface area contributed by atoms with Crippen LogP contribution in [0.2, 0.25) is 0 Å². The molecule has 16 heavy (non-hydrogen) atoms. The van der Waals surface area contributed by atoms with Gasteiger partial charge in [0.2, 0.25) is 0 Å². The van der Waals surface area contributed by atoms with E-state index in [2.05, 4.69) is 0 Å². The Bertz CT molecular complexity index is 467. The van der Waals surface area contributed by atoms with Crippen LogP contribution in [-0.2, 0) is 16.4 Å². The third kappa shape index (κ3) is 2.15. The van der Waals surface area contributed by atoms with Gasteiger partial charge >= 0.3 is 0 Å². The Kier molecular flexibility index (Phi) is 3.34. The lowest BCUT2D eigenvalue weighted by molar-refractivity contribution is 0.474. The van der Waals surface area contributed by atoms with Crippen molar-refractivity contribution in [1.82, 2.24) is 4.31 Å². The van der Waals surface area contributed by atoms with E-state index in [-0.39, 0.29) is 6.04 Å². The molecule has 2 N–H and O–H groups in total. The fraction of sp³-hybridized carbons (Fsp3) is 0.600. The average Bonchev–Trinajstić information content (AvgIpc) is 2.85. The van der Waals surface area contributed by atoms with E-state index in [1.54, 1.807) is 6.07 Å². The van der Waals surface area contributed by atoms with Crippen LogP contribution in [0.5, 0.6) is 0 Å². The summed E-state index contributed by atoms with van der Waals surface area (Å²) in [5.41, 5.74) is 5.73. The van der Waals surface area contributed by atoms with Crippen LogP contribution >= 0.6 is 11.3 Å². The van der Waals surface area contributed by atoms with Gasteiger partial charge in [0, 0.05) is 24.0 Å². The molecule has 90 valence electrons. The Morgan fingerprint density at radius 3 is 2.81 bits per heavy atom. The molecule has 1 aromatic heterocycles. The normalized spacial score (nSPS) is 22.8. The number of hydrogen-bond donors (Lipinski definition) is 1. The predicted molar refractivity (Wildman–Crippen MR) is 65.0 cm³/mol. The summed E-state index contributed by atoms with van der Waals surface area (Å²) in [6.07, 6.45) is 1.63. The minimum Gasteiger partial charge on any atom is -0.326 e. The Morgan fingerprint density at radius 2 is 2.31 bits per heavy atom. The molecule has 0 radical (unpaired) electrons. The largest absolute Gasteiger partial charge is 0.326 e. The Labute approximate surface area is 100 Å². The van der Waals surface area contributed by atoms with Gasteiger partial charge in [-0.1, -0.05) is 6.92 Å². The molecule has 1 saturated heterocycles. The van der Waals surface area contributed by atoms with Crippen LogP contribution in [0, 0.1) is 0 Å². The molecule has 1 fully saturated rings. The topological polar surface area (TPSA) is 63.4 Å². The van der Waals surface area contributed by atoms with E-state index in [0.29, 0.717) is 17.3 Å². The van der Waals surface area contributed by atoms with Gasteiger partial charge in [0.25, 0.3) is 10.0 Å². The van der Waals surface area contributed by atoms with Crippen LogP contribution in [0.3, 0.4) is 0 Å². The molecular weight excluding hydrogens is 244 g/mol. The summed E-state index contributed by atoms with van der Waals surface area (Å²) in [6.45, 7) is 3.01. The van der Waals surface area contributed by atoms with E-state index in [4.69, 9.17) is 5.73 Å². The van der Waals surface area contributed by atoms with Crippen LogP contribution in [-0.4, -0.2) is 31.9 Å². The van der Waals surface area contributed by atoms with Gasteiger partial charge in [-0.15, -0.1) is 11.3 Å². The van der Waals surface area contributed by atoms with E-state index in [9.17, 15) is 8.42 Å². The molecular formula is C10H16N2O2S2. The Hall–Kier alpha value is -0.430. The van der Waals surface area contributed by atoms with Crippen LogP contribution in [0.4, 0.5) is 0 Å². The zero-order chi connectivity index (χ0) is 11.8. The molecule has 6 heteroatoms. The second-order valence-electron chi connectivity index (χ2n) is 3.99. The minimum absolute atomic E-state index is 0.0135. The second-order valence-corrected chi connectivity index (χ2v) is 7.32. The highest BCUT2D eigenvalue weighted by Crippen LogP contribution is 2.27. The van der Waals surface area contributed by atoms with E-state index < -0.39 is 10.0 Å². The minimum atomic E-state index is -3.29. The van der Waals surface area contributed by atoms with Gasteiger partial charge in [-0.05, 0) is 25.0 Å². The molecule has 4 nitrogen and oxygen atoms in total. The molecule has 1 aliphatic rings. The van der Waals surface area contributed by atoms with Crippen LogP contribution in [0.1, 0.15) is 18.2 Å². The molecule has 1 aliphatic heterocycles. The third-order valence-corrected chi connectivity index (χ3v) is 6.33. The summed E-state index contributed by atoms with van der Waals surface area (Å²) >= 11 is 1.36. The second kappa shape index (κ2) is 4.44. The molecule has 1 aromatic rings. The van der Waals surface area contributed by atoms with Crippen molar-refractivity contribution in [2.24, 2.45) is 5.73 Å². The van der Waals surface area contributed by atoms with E-state index >= 15 is 0 Å². The highest BCUT2D eigenvalue weighted by atomic mass is 32.2. The fourth-order valence-corrected chi connectivity index (χ4v) is 4.75. The predicted octanol–water partition coefficient (Wildman–Crippen LogP) is 1.03. The molecule has 0 spiro atoms. The maximum atomic E-state index is 12.2. The summed E-state index contributed by atoms with van der Waals surface area (Å²) < 4.78 is 26.3. The number of nitrogens with zero attached hydrogens (tertiary/aromatic N) is 1. The summed E-state index contributed by atoms with van der Waals surface area (Å²) in [5, 5.41) is 0. The molecule has 2 heterocycles. The molecule has 0 aromatic carbocycles. The molecule has 0 bridgehead atoms. The number of nitrogens with two attached hydrogens (primary N) is 1. The first-order valence-corrected chi connectivity index (χ1v) is 7.64. The van der Waals surface area contributed by atoms with Gasteiger partial charge in [0.15, 0.2) is 0 Å². The summed E-state index contributed by atoms with van der Waals surface area (Å²) in [7, 11) is -3.29. The van der Waals surface area contributed by atoms with Crippen molar-refractivity contribution in [3.05, 3.63) is 17.0 Å². The lowest BCUT2D eigenvalue weighted by Gasteiger charge is -2.14. The van der Waals surface area contributed by atoms with Crippen molar-refractivity contribution in [3.63, 3.8) is 0 Å². The first-order chi connectivity index (χ1) is 7.54. The van der Waals surface area contributed by atoms with Crippen LogP contribution < -0.4 is 5.73 Å². The van der Waals surface area contributed by atoms with Gasteiger partial charge in [-0.2, -0.15) is 4.31 Å². The van der Waals surface area contributed by atoms with E-state index in [1.165, 1.54) is 15.6 Å². The first-order valence-electron chi connectivity index (χ1n) is 5.38. The number of thiophene rings is 1. The average molecular weight is 260 g/mol.